The topological polar surface area (TPSA) is 123 Å². The minimum absolute atomic E-state index is 0.0380. The van der Waals surface area contributed by atoms with E-state index in [1.165, 1.54) is 19.3 Å². The zero-order valence-corrected chi connectivity index (χ0v) is 14.7. The highest BCUT2D eigenvalue weighted by Gasteiger charge is 2.34. The maximum Gasteiger partial charge on any atom is 0.352 e. The van der Waals surface area contributed by atoms with Crippen LogP contribution in [0.1, 0.15) is 64.2 Å². The molecule has 8 nitrogen and oxygen atoms in total. The summed E-state index contributed by atoms with van der Waals surface area (Å²) in [7, 11) is 0. The first-order valence-electron chi connectivity index (χ1n) is 9.33. The fourth-order valence-electron chi connectivity index (χ4n) is 3.74. The van der Waals surface area contributed by atoms with Crippen molar-refractivity contribution in [2.24, 2.45) is 16.9 Å². The summed E-state index contributed by atoms with van der Waals surface area (Å²) in [5.74, 6) is -0.691. The van der Waals surface area contributed by atoms with Crippen LogP contribution >= 0.6 is 0 Å². The minimum atomic E-state index is -0.998. The average molecular weight is 354 g/mol. The summed E-state index contributed by atoms with van der Waals surface area (Å²) < 4.78 is 0. The SMILES string of the molecule is O=C(O)CCCCCC/C(=N\NC1NNCC2CCCCC21)C(=O)O. The molecule has 2 aliphatic rings. The van der Waals surface area contributed by atoms with Crippen LogP contribution in [0.15, 0.2) is 5.10 Å². The lowest BCUT2D eigenvalue weighted by molar-refractivity contribution is -0.137. The minimum Gasteiger partial charge on any atom is -0.481 e. The monoisotopic (exact) mass is 354 g/mol. The predicted octanol–water partition coefficient (Wildman–Crippen LogP) is 1.68. The van der Waals surface area contributed by atoms with Gasteiger partial charge in [-0.1, -0.05) is 25.7 Å². The molecule has 3 unspecified atom stereocenters. The van der Waals surface area contributed by atoms with Crippen LogP contribution in [0.3, 0.4) is 0 Å². The number of hydrogen-bond acceptors (Lipinski definition) is 6. The van der Waals surface area contributed by atoms with Crippen molar-refractivity contribution in [2.75, 3.05) is 6.54 Å². The van der Waals surface area contributed by atoms with Crippen molar-refractivity contribution in [3.8, 4) is 0 Å². The molecule has 0 spiro atoms. The van der Waals surface area contributed by atoms with E-state index in [-0.39, 0.29) is 18.3 Å². The largest absolute Gasteiger partial charge is 0.481 e. The summed E-state index contributed by atoms with van der Waals surface area (Å²) in [5, 5.41) is 22.1. The van der Waals surface area contributed by atoms with Crippen molar-refractivity contribution in [3.63, 3.8) is 0 Å². The molecule has 1 saturated heterocycles. The number of hydrazone groups is 1. The Balaban J connectivity index is 1.76. The number of hydrogen-bond donors (Lipinski definition) is 5. The number of carboxylic acid groups (broad SMARTS) is 2. The summed E-state index contributed by atoms with van der Waals surface area (Å²) >= 11 is 0. The Morgan fingerprint density at radius 1 is 1.04 bits per heavy atom. The maximum atomic E-state index is 11.4. The lowest BCUT2D eigenvalue weighted by Gasteiger charge is -2.41. The van der Waals surface area contributed by atoms with Crippen LogP contribution in [-0.4, -0.2) is 40.6 Å². The first-order chi connectivity index (χ1) is 12.1. The lowest BCUT2D eigenvalue weighted by atomic mass is 9.77. The van der Waals surface area contributed by atoms with Gasteiger partial charge in [0.05, 0.1) is 0 Å². The van der Waals surface area contributed by atoms with Gasteiger partial charge in [-0.15, -0.1) is 0 Å². The van der Waals surface area contributed by atoms with Crippen LogP contribution in [0.4, 0.5) is 0 Å². The van der Waals surface area contributed by atoms with Gasteiger partial charge in [0.25, 0.3) is 0 Å². The van der Waals surface area contributed by atoms with Crippen molar-refractivity contribution < 1.29 is 19.8 Å². The zero-order valence-electron chi connectivity index (χ0n) is 14.7. The third kappa shape index (κ3) is 6.62. The van der Waals surface area contributed by atoms with Crippen molar-refractivity contribution in [1.82, 2.24) is 16.3 Å². The number of carboxylic acids is 2. The van der Waals surface area contributed by atoms with E-state index in [2.05, 4.69) is 21.4 Å². The summed E-state index contributed by atoms with van der Waals surface area (Å²) in [6.07, 6.45) is 8.30. The Morgan fingerprint density at radius 2 is 1.76 bits per heavy atom. The van der Waals surface area contributed by atoms with Crippen LogP contribution in [0.25, 0.3) is 0 Å². The number of hydrazine groups is 1. The molecular formula is C17H30N4O4. The molecule has 1 heterocycles. The quantitative estimate of drug-likeness (QED) is 0.230. The summed E-state index contributed by atoms with van der Waals surface area (Å²) in [6, 6.07) is 0. The first-order valence-corrected chi connectivity index (χ1v) is 9.33. The standard InChI is InChI=1S/C17H30N4O4/c22-15(23)10-4-2-1-3-9-14(17(24)25)19-21-16-13-8-6-5-7-12(13)11-18-20-16/h12-13,16,18,20-21H,1-11H2,(H,22,23)(H,24,25)/b19-14+. The lowest BCUT2D eigenvalue weighted by Crippen LogP contribution is -2.61. The highest BCUT2D eigenvalue weighted by atomic mass is 16.4. The van der Waals surface area contributed by atoms with Crippen molar-refractivity contribution >= 4 is 17.7 Å². The van der Waals surface area contributed by atoms with Gasteiger partial charge in [0.15, 0.2) is 0 Å². The molecule has 1 saturated carbocycles. The molecular weight excluding hydrogens is 324 g/mol. The summed E-state index contributed by atoms with van der Waals surface area (Å²) in [5.41, 5.74) is 9.54. The van der Waals surface area contributed by atoms with Gasteiger partial charge in [-0.3, -0.25) is 15.6 Å². The number of rotatable bonds is 10. The second-order valence-corrected chi connectivity index (χ2v) is 7.01. The number of carbonyl (C=O) groups is 2. The summed E-state index contributed by atoms with van der Waals surface area (Å²) in [4.78, 5) is 21.8. The van der Waals surface area contributed by atoms with Gasteiger partial charge >= 0.3 is 11.9 Å². The Hall–Kier alpha value is -1.67. The van der Waals surface area contributed by atoms with Gasteiger partial charge in [0.1, 0.15) is 11.9 Å². The fraction of sp³-hybridized carbons (Fsp3) is 0.824. The maximum absolute atomic E-state index is 11.4. The molecule has 2 rings (SSSR count). The van der Waals surface area contributed by atoms with Crippen molar-refractivity contribution in [2.45, 2.75) is 70.4 Å². The van der Waals surface area contributed by atoms with E-state index in [0.717, 1.165) is 25.8 Å². The van der Waals surface area contributed by atoms with Gasteiger partial charge < -0.3 is 10.2 Å². The smallest absolute Gasteiger partial charge is 0.352 e. The zero-order chi connectivity index (χ0) is 18.1. The summed E-state index contributed by atoms with van der Waals surface area (Å²) in [6.45, 7) is 0.953. The van der Waals surface area contributed by atoms with Crippen LogP contribution in [-0.2, 0) is 9.59 Å². The van der Waals surface area contributed by atoms with E-state index < -0.39 is 11.9 Å². The molecule has 5 N–H and O–H groups in total. The number of nitrogens with one attached hydrogen (secondary N) is 3. The molecule has 0 bridgehead atoms. The second kappa shape index (κ2) is 10.4. The van der Waals surface area contributed by atoms with Gasteiger partial charge in [0, 0.05) is 13.0 Å². The van der Waals surface area contributed by atoms with Gasteiger partial charge in [-0.25, -0.2) is 10.2 Å². The van der Waals surface area contributed by atoms with E-state index in [0.29, 0.717) is 31.1 Å². The normalized spacial score (nSPS) is 26.7. The van der Waals surface area contributed by atoms with Crippen molar-refractivity contribution in [3.05, 3.63) is 0 Å². The molecule has 0 aromatic heterocycles. The Labute approximate surface area is 148 Å². The molecule has 1 aliphatic heterocycles. The fourth-order valence-corrected chi connectivity index (χ4v) is 3.74. The Bertz CT molecular complexity index is 481. The number of aliphatic carboxylic acids is 2. The predicted molar refractivity (Wildman–Crippen MR) is 93.9 cm³/mol. The van der Waals surface area contributed by atoms with E-state index in [4.69, 9.17) is 5.11 Å². The molecule has 2 fully saturated rings. The molecule has 8 heteroatoms. The van der Waals surface area contributed by atoms with Gasteiger partial charge in [0.2, 0.25) is 0 Å². The van der Waals surface area contributed by atoms with Gasteiger partial charge in [-0.05, 0) is 43.9 Å². The Kier molecular flexibility index (Phi) is 8.14. The highest BCUT2D eigenvalue weighted by Crippen LogP contribution is 2.32. The number of fused-ring (bicyclic) bond motifs is 1. The highest BCUT2D eigenvalue weighted by molar-refractivity contribution is 6.35. The van der Waals surface area contributed by atoms with Crippen molar-refractivity contribution in [1.29, 1.82) is 0 Å². The molecule has 142 valence electrons. The molecule has 1 aliphatic carbocycles. The first kappa shape index (κ1) is 19.7. The Morgan fingerprint density at radius 3 is 2.48 bits per heavy atom. The van der Waals surface area contributed by atoms with Gasteiger partial charge in [-0.2, -0.15) is 5.10 Å². The van der Waals surface area contributed by atoms with E-state index in [1.54, 1.807) is 0 Å². The third-order valence-corrected chi connectivity index (χ3v) is 5.16. The third-order valence-electron chi connectivity index (χ3n) is 5.16. The van der Waals surface area contributed by atoms with Crippen LogP contribution < -0.4 is 16.3 Å². The molecule has 25 heavy (non-hydrogen) atoms. The van der Waals surface area contributed by atoms with E-state index >= 15 is 0 Å². The molecule has 0 aromatic rings. The van der Waals surface area contributed by atoms with E-state index in [9.17, 15) is 14.7 Å². The number of unbranched alkanes of at least 4 members (excludes halogenated alkanes) is 3. The molecule has 0 amide bonds. The number of nitrogens with zero attached hydrogens (tertiary/aromatic N) is 1. The van der Waals surface area contributed by atoms with Crippen LogP contribution in [0.2, 0.25) is 0 Å². The van der Waals surface area contributed by atoms with Crippen LogP contribution in [0.5, 0.6) is 0 Å². The second-order valence-electron chi connectivity index (χ2n) is 7.01. The average Bonchev–Trinajstić information content (AvgIpc) is 2.59. The molecule has 0 radical (unpaired) electrons. The molecule has 3 atom stereocenters. The molecule has 0 aromatic carbocycles. The van der Waals surface area contributed by atoms with Crippen LogP contribution in [0, 0.1) is 11.8 Å². The van der Waals surface area contributed by atoms with E-state index in [1.807, 2.05) is 0 Å².